The van der Waals surface area contributed by atoms with Gasteiger partial charge >= 0.3 is 11.4 Å². The fourth-order valence-electron chi connectivity index (χ4n) is 6.10. The van der Waals surface area contributed by atoms with Crippen LogP contribution in [0.4, 0.5) is 0 Å². The van der Waals surface area contributed by atoms with Gasteiger partial charge in [-0.15, -0.1) is 23.2 Å². The lowest BCUT2D eigenvalue weighted by Crippen LogP contribution is -2.59. The topological polar surface area (TPSA) is 116 Å². The largest absolute Gasteiger partial charge is 0.504 e. The van der Waals surface area contributed by atoms with E-state index in [9.17, 15) is 24.3 Å². The van der Waals surface area contributed by atoms with Crippen LogP contribution < -0.4 is 16.1 Å². The number of para-hydroxylation sites is 1. The molecule has 2 amide bonds. The zero-order chi connectivity index (χ0) is 28.7. The van der Waals surface area contributed by atoms with Crippen molar-refractivity contribution in [1.82, 2.24) is 18.8 Å². The number of allylic oxidation sites excluding steroid dienone is 2. The Kier molecular flexibility index (Phi) is 6.56. The fraction of sp³-hybridized carbons (Fsp3) is 0.308. The number of imide groups is 1. The van der Waals surface area contributed by atoms with Gasteiger partial charge in [0.15, 0.2) is 21.2 Å². The van der Waals surface area contributed by atoms with Gasteiger partial charge in [-0.05, 0) is 58.0 Å². The van der Waals surface area contributed by atoms with Crippen molar-refractivity contribution in [1.29, 1.82) is 0 Å². The summed E-state index contributed by atoms with van der Waals surface area (Å²) in [5.41, 5.74) is 0.114. The van der Waals surface area contributed by atoms with E-state index in [0.29, 0.717) is 20.4 Å². The van der Waals surface area contributed by atoms with Crippen LogP contribution in [0.3, 0.4) is 0 Å². The average Bonchev–Trinajstić information content (AvgIpc) is 3.28. The molecule has 4 unspecified atom stereocenters. The number of amides is 2. The van der Waals surface area contributed by atoms with Gasteiger partial charge in [0.2, 0.25) is 0 Å². The summed E-state index contributed by atoms with van der Waals surface area (Å²) in [6.45, 7) is 0.0229. The minimum Gasteiger partial charge on any atom is -0.504 e. The van der Waals surface area contributed by atoms with Gasteiger partial charge in [0.25, 0.3) is 11.8 Å². The third-order valence-electron chi connectivity index (χ3n) is 7.90. The van der Waals surface area contributed by atoms with E-state index < -0.39 is 44.9 Å². The van der Waals surface area contributed by atoms with Gasteiger partial charge in [-0.1, -0.05) is 40.2 Å². The van der Waals surface area contributed by atoms with Gasteiger partial charge in [0.05, 0.1) is 34.4 Å². The Labute approximate surface area is 259 Å². The Hall–Kier alpha value is -2.55. The van der Waals surface area contributed by atoms with Crippen molar-refractivity contribution in [3.8, 4) is 17.2 Å². The quantitative estimate of drug-likeness (QED) is 0.143. The Morgan fingerprint density at radius 3 is 2.45 bits per heavy atom. The van der Waals surface area contributed by atoms with Crippen LogP contribution in [-0.4, -0.2) is 58.1 Å². The molecule has 6 rings (SSSR count). The number of phenolic OH excluding ortho intramolecular Hbond substituents is 1. The molecule has 1 aromatic heterocycles. The van der Waals surface area contributed by atoms with E-state index in [1.807, 2.05) is 22.6 Å². The molecular weight excluding hydrogens is 742 g/mol. The number of halogens is 4. The van der Waals surface area contributed by atoms with Crippen LogP contribution in [0.5, 0.6) is 11.5 Å². The number of aromatic hydroxyl groups is 1. The third kappa shape index (κ3) is 3.45. The molecule has 10 nitrogen and oxygen atoms in total. The molecular formula is C26H20BrCl2IN4O6. The molecule has 1 aliphatic carbocycles. The zero-order valence-electron chi connectivity index (χ0n) is 20.7. The number of fused-ring (bicyclic) bond motifs is 4. The number of rotatable bonds is 4. The summed E-state index contributed by atoms with van der Waals surface area (Å²) >= 11 is 19.5. The van der Waals surface area contributed by atoms with Crippen LogP contribution in [-0.2, 0) is 16.1 Å². The Morgan fingerprint density at radius 2 is 1.80 bits per heavy atom. The number of likely N-dealkylation sites (tertiary alicyclic amines) is 1. The number of carbonyl (C=O) groups is 2. The highest BCUT2D eigenvalue weighted by atomic mass is 127. The van der Waals surface area contributed by atoms with Crippen LogP contribution in [0.25, 0.3) is 5.69 Å². The SMILES string of the molecule is COc1cc(C2C3=CCn4c(=O)n(-c5ccccc5)c(=O)n4C3CC3(Cl)C(=O)N(CBr)C(=O)C23Cl)cc(I)c1O. The number of phenols is 1. The van der Waals surface area contributed by atoms with E-state index in [-0.39, 0.29) is 29.9 Å². The van der Waals surface area contributed by atoms with Crippen molar-refractivity contribution in [3.63, 3.8) is 0 Å². The van der Waals surface area contributed by atoms with Crippen LogP contribution in [0.1, 0.15) is 23.9 Å². The smallest absolute Gasteiger partial charge is 0.352 e. The van der Waals surface area contributed by atoms with Crippen molar-refractivity contribution in [2.24, 2.45) is 0 Å². The first kappa shape index (κ1) is 27.6. The molecule has 2 aromatic carbocycles. The molecule has 3 heterocycles. The summed E-state index contributed by atoms with van der Waals surface area (Å²) < 4.78 is 9.46. The maximum Gasteiger partial charge on any atom is 0.352 e. The Morgan fingerprint density at radius 1 is 1.10 bits per heavy atom. The normalized spacial score (nSPS) is 27.2. The highest BCUT2D eigenvalue weighted by molar-refractivity contribution is 14.1. The van der Waals surface area contributed by atoms with E-state index in [0.717, 1.165) is 9.47 Å². The summed E-state index contributed by atoms with van der Waals surface area (Å²) in [6, 6.07) is 10.8. The lowest BCUT2D eigenvalue weighted by molar-refractivity contribution is -0.138. The number of aromatic nitrogens is 3. The molecule has 4 atom stereocenters. The average molecular weight is 762 g/mol. The van der Waals surface area contributed by atoms with E-state index in [2.05, 4.69) is 15.9 Å². The van der Waals surface area contributed by atoms with Gasteiger partial charge in [-0.3, -0.25) is 14.5 Å². The number of hydrogen-bond acceptors (Lipinski definition) is 6. The van der Waals surface area contributed by atoms with Crippen LogP contribution >= 0.6 is 61.7 Å². The van der Waals surface area contributed by atoms with E-state index in [1.54, 1.807) is 48.5 Å². The van der Waals surface area contributed by atoms with Crippen LogP contribution in [0.15, 0.2) is 63.7 Å². The highest BCUT2D eigenvalue weighted by Crippen LogP contribution is 2.63. The lowest BCUT2D eigenvalue weighted by atomic mass is 9.64. The number of hydrogen-bond donors (Lipinski definition) is 1. The van der Waals surface area contributed by atoms with Gasteiger partial charge in [0, 0.05) is 12.3 Å². The van der Waals surface area contributed by atoms with Crippen molar-refractivity contribution in [3.05, 3.63) is 84.2 Å². The molecule has 3 aromatic rings. The van der Waals surface area contributed by atoms with Crippen LogP contribution in [0.2, 0.25) is 0 Å². The summed E-state index contributed by atoms with van der Waals surface area (Å²) in [5, 5.41) is 10.5. The van der Waals surface area contributed by atoms with Gasteiger partial charge < -0.3 is 9.84 Å². The van der Waals surface area contributed by atoms with Gasteiger partial charge in [0.1, 0.15) is 0 Å². The van der Waals surface area contributed by atoms with Crippen molar-refractivity contribution >= 4 is 73.5 Å². The molecule has 14 heteroatoms. The molecule has 40 heavy (non-hydrogen) atoms. The number of ether oxygens (including phenoxy) is 1. The fourth-order valence-corrected chi connectivity index (χ4v) is 8.13. The molecule has 0 bridgehead atoms. The van der Waals surface area contributed by atoms with Crippen LogP contribution in [0, 0.1) is 3.57 Å². The molecule has 1 N–H and O–H groups in total. The second-order valence-electron chi connectivity index (χ2n) is 9.74. The summed E-state index contributed by atoms with van der Waals surface area (Å²) in [7, 11) is 1.39. The molecule has 0 radical (unpaired) electrons. The minimum atomic E-state index is -1.97. The molecule has 0 spiro atoms. The lowest BCUT2D eigenvalue weighted by Gasteiger charge is -2.49. The van der Waals surface area contributed by atoms with E-state index >= 15 is 0 Å². The number of alkyl halides is 3. The first-order chi connectivity index (χ1) is 19.0. The highest BCUT2D eigenvalue weighted by Gasteiger charge is 2.75. The predicted octanol–water partition coefficient (Wildman–Crippen LogP) is 3.46. The summed E-state index contributed by atoms with van der Waals surface area (Å²) in [4.78, 5) is 51.9. The minimum absolute atomic E-state index is 0.0229. The number of nitrogens with zero attached hydrogens (tertiary/aromatic N) is 4. The second-order valence-corrected chi connectivity index (χ2v) is 12.6. The molecule has 2 aliphatic heterocycles. The Balaban J connectivity index is 1.63. The third-order valence-corrected chi connectivity index (χ3v) is 10.6. The predicted molar refractivity (Wildman–Crippen MR) is 159 cm³/mol. The van der Waals surface area contributed by atoms with Gasteiger partial charge in [-0.2, -0.15) is 0 Å². The maximum atomic E-state index is 13.9. The second kappa shape index (κ2) is 9.50. The van der Waals surface area contributed by atoms with E-state index in [4.69, 9.17) is 27.9 Å². The van der Waals surface area contributed by atoms with Gasteiger partial charge in [-0.25, -0.2) is 23.5 Å². The van der Waals surface area contributed by atoms with Crippen molar-refractivity contribution < 1.29 is 19.4 Å². The molecule has 1 saturated carbocycles. The monoisotopic (exact) mass is 760 g/mol. The number of benzene rings is 2. The van der Waals surface area contributed by atoms with Crippen molar-refractivity contribution in [2.75, 3.05) is 12.6 Å². The molecule has 2 fully saturated rings. The van der Waals surface area contributed by atoms with Crippen molar-refractivity contribution in [2.45, 2.75) is 34.7 Å². The first-order valence-electron chi connectivity index (χ1n) is 12.1. The molecule has 1 saturated heterocycles. The maximum absolute atomic E-state index is 13.9. The molecule has 3 aliphatic rings. The first-order valence-corrected chi connectivity index (χ1v) is 15.0. The standard InChI is InChI=1S/C26H20BrCl2IN4O6/c1-40-18-10-13(9-16(30)20(18)35)19-15-7-8-32-23(38)33(14-5-3-2-4-6-14)24(39)34(32)17(15)11-25(28)21(36)31(12-27)22(37)26(19,25)29/h2-7,9-10,17,19,35H,8,11-12H2,1H3. The number of carbonyl (C=O) groups excluding carboxylic acids is 2. The van der Waals surface area contributed by atoms with E-state index in [1.165, 1.54) is 16.5 Å². The number of methoxy groups -OCH3 is 1. The molecule has 208 valence electrons. The summed E-state index contributed by atoms with van der Waals surface area (Å²) in [6.07, 6.45) is 1.55. The zero-order valence-corrected chi connectivity index (χ0v) is 25.9. The summed E-state index contributed by atoms with van der Waals surface area (Å²) in [5.74, 6) is -2.36. The Bertz CT molecular complexity index is 1750.